The molecule has 3 N–H and O–H groups in total. The summed E-state index contributed by atoms with van der Waals surface area (Å²) in [6.45, 7) is 4.68. The SMILES string of the molecule is CC/C=C\C/C=C\C/C=C\C/C=C\CCCCCCCCC(=O)NC(COP(=O)(O)OCC[N+](C)(C)C)C(O)/C=C/CC/C=C/CCCCCCCCCCCCCCCCCCCCCCCC. The molecule has 0 saturated heterocycles. The van der Waals surface area contributed by atoms with Gasteiger partial charge in [-0.3, -0.25) is 13.8 Å². The number of unbranched alkanes of at least 4 members (excludes halogenated alkanes) is 29. The van der Waals surface area contributed by atoms with E-state index in [9.17, 15) is 19.4 Å². The lowest BCUT2D eigenvalue weighted by Crippen LogP contribution is -2.45. The first-order valence-corrected chi connectivity index (χ1v) is 30.3. The molecule has 0 aromatic rings. The Morgan fingerprint density at radius 1 is 0.507 bits per heavy atom. The fourth-order valence-corrected chi connectivity index (χ4v) is 8.90. The molecule has 0 fully saturated rings. The molecule has 0 aliphatic heterocycles. The van der Waals surface area contributed by atoms with Gasteiger partial charge in [-0.1, -0.05) is 247 Å². The maximum atomic E-state index is 13.0. The number of carbonyl (C=O) groups excluding carboxylic acids is 1. The zero-order chi connectivity index (χ0) is 50.6. The highest BCUT2D eigenvalue weighted by molar-refractivity contribution is 7.47. The molecule has 0 radical (unpaired) electrons. The lowest BCUT2D eigenvalue weighted by Gasteiger charge is -2.25. The standard InChI is InChI=1S/C60H111N2O6P/c1-6-8-10-12-14-16-18-20-22-24-26-27-28-29-30-31-32-33-34-36-37-39-41-43-45-47-49-51-53-59(63)58(57-68-69(65,66)67-56-55-62(3,4)5)61-60(64)54-52-50-48-46-44-42-40-38-35-25-23-21-19-17-15-13-11-9-7-2/h9,11,15,17,21,23,35,38,43,45,51,53,58-59,63H,6-8,10,12-14,16,18-20,22,24-34,36-37,39-42,44,46-50,52,54-57H2,1-5H3,(H-,61,64,65,66)/p+1/b11-9-,17-15-,23-21-,38-35-,45-43+,53-51+. The van der Waals surface area contributed by atoms with Crippen molar-refractivity contribution in [2.75, 3.05) is 40.9 Å². The van der Waals surface area contributed by atoms with Crippen LogP contribution in [0.15, 0.2) is 72.9 Å². The van der Waals surface area contributed by atoms with Crippen LogP contribution in [0.1, 0.15) is 251 Å². The van der Waals surface area contributed by atoms with Crippen molar-refractivity contribution in [2.24, 2.45) is 0 Å². The van der Waals surface area contributed by atoms with Crippen LogP contribution >= 0.6 is 7.82 Å². The summed E-state index contributed by atoms with van der Waals surface area (Å²) in [6, 6.07) is -0.876. The van der Waals surface area contributed by atoms with Crippen molar-refractivity contribution in [1.82, 2.24) is 5.32 Å². The smallest absolute Gasteiger partial charge is 0.387 e. The van der Waals surface area contributed by atoms with Crippen molar-refractivity contribution in [2.45, 2.75) is 264 Å². The third-order valence-corrected chi connectivity index (χ3v) is 13.6. The molecule has 0 spiro atoms. The van der Waals surface area contributed by atoms with Crippen molar-refractivity contribution in [3.8, 4) is 0 Å². The quantitative estimate of drug-likeness (QED) is 0.0243. The number of hydrogen-bond acceptors (Lipinski definition) is 5. The van der Waals surface area contributed by atoms with Crippen LogP contribution in [-0.4, -0.2) is 73.4 Å². The van der Waals surface area contributed by atoms with E-state index in [-0.39, 0.29) is 19.1 Å². The van der Waals surface area contributed by atoms with Gasteiger partial charge in [-0.2, -0.15) is 0 Å². The van der Waals surface area contributed by atoms with E-state index in [2.05, 4.69) is 79.9 Å². The lowest BCUT2D eigenvalue weighted by atomic mass is 10.0. The van der Waals surface area contributed by atoms with E-state index in [1.54, 1.807) is 6.08 Å². The highest BCUT2D eigenvalue weighted by atomic mass is 31.2. The minimum atomic E-state index is -4.36. The predicted octanol–water partition coefficient (Wildman–Crippen LogP) is 17.5. The molecule has 0 aromatic heterocycles. The Balaban J connectivity index is 4.26. The third-order valence-electron chi connectivity index (χ3n) is 12.7. The second-order valence-electron chi connectivity index (χ2n) is 20.6. The first-order valence-electron chi connectivity index (χ1n) is 28.8. The van der Waals surface area contributed by atoms with Crippen LogP contribution in [0.4, 0.5) is 0 Å². The monoisotopic (exact) mass is 988 g/mol. The maximum Gasteiger partial charge on any atom is 0.472 e. The number of nitrogens with zero attached hydrogens (tertiary/aromatic N) is 1. The van der Waals surface area contributed by atoms with Gasteiger partial charge in [-0.15, -0.1) is 0 Å². The summed E-state index contributed by atoms with van der Waals surface area (Å²) in [6.07, 6.45) is 70.1. The van der Waals surface area contributed by atoms with Crippen LogP contribution in [0, 0.1) is 0 Å². The first-order chi connectivity index (χ1) is 33.5. The molecule has 3 atom stereocenters. The van der Waals surface area contributed by atoms with E-state index in [1.165, 1.54) is 154 Å². The lowest BCUT2D eigenvalue weighted by molar-refractivity contribution is -0.870. The van der Waals surface area contributed by atoms with Crippen molar-refractivity contribution >= 4 is 13.7 Å². The van der Waals surface area contributed by atoms with Crippen LogP contribution in [0.3, 0.4) is 0 Å². The Morgan fingerprint density at radius 3 is 1.33 bits per heavy atom. The van der Waals surface area contributed by atoms with Gasteiger partial charge in [-0.25, -0.2) is 4.57 Å². The Kier molecular flexibility index (Phi) is 49.3. The highest BCUT2D eigenvalue weighted by Gasteiger charge is 2.27. The van der Waals surface area contributed by atoms with E-state index < -0.39 is 20.0 Å². The van der Waals surface area contributed by atoms with Crippen LogP contribution in [0.5, 0.6) is 0 Å². The van der Waals surface area contributed by atoms with Gasteiger partial charge in [0.2, 0.25) is 5.91 Å². The molecule has 1 amide bonds. The van der Waals surface area contributed by atoms with Gasteiger partial charge < -0.3 is 19.8 Å². The largest absolute Gasteiger partial charge is 0.472 e. The number of aliphatic hydroxyl groups is 1. The summed E-state index contributed by atoms with van der Waals surface area (Å²) in [5, 5.41) is 13.9. The molecule has 0 aromatic carbocycles. The van der Waals surface area contributed by atoms with Crippen LogP contribution in [-0.2, 0) is 18.4 Å². The summed E-state index contributed by atoms with van der Waals surface area (Å²) in [5.41, 5.74) is 0. The summed E-state index contributed by atoms with van der Waals surface area (Å²) in [4.78, 5) is 23.3. The van der Waals surface area contributed by atoms with Crippen LogP contribution < -0.4 is 5.32 Å². The number of phosphoric acid groups is 1. The fraction of sp³-hybridized carbons (Fsp3) is 0.783. The van der Waals surface area contributed by atoms with E-state index in [0.717, 1.165) is 77.0 Å². The minimum Gasteiger partial charge on any atom is -0.387 e. The molecule has 9 heteroatoms. The Hall–Kier alpha value is -2.06. The zero-order valence-electron chi connectivity index (χ0n) is 45.8. The topological polar surface area (TPSA) is 105 Å². The van der Waals surface area contributed by atoms with Gasteiger partial charge in [0.05, 0.1) is 39.9 Å². The molecule has 0 bridgehead atoms. The molecule has 3 unspecified atom stereocenters. The second-order valence-corrected chi connectivity index (χ2v) is 22.1. The van der Waals surface area contributed by atoms with Gasteiger partial charge in [-0.05, 0) is 70.6 Å². The fourth-order valence-electron chi connectivity index (χ4n) is 8.17. The maximum absolute atomic E-state index is 13.0. The van der Waals surface area contributed by atoms with E-state index in [1.807, 2.05) is 27.2 Å². The van der Waals surface area contributed by atoms with Crippen LogP contribution in [0.2, 0.25) is 0 Å². The molecule has 8 nitrogen and oxygen atoms in total. The average Bonchev–Trinajstić information content (AvgIpc) is 3.31. The second kappa shape index (κ2) is 50.9. The number of rotatable bonds is 52. The van der Waals surface area contributed by atoms with E-state index >= 15 is 0 Å². The summed E-state index contributed by atoms with van der Waals surface area (Å²) in [5.74, 6) is -0.201. The minimum absolute atomic E-state index is 0.0499. The zero-order valence-corrected chi connectivity index (χ0v) is 46.7. The number of phosphoric ester groups is 1. The van der Waals surface area contributed by atoms with Gasteiger partial charge in [0.15, 0.2) is 0 Å². The number of quaternary nitrogens is 1. The number of nitrogens with one attached hydrogen (secondary N) is 1. The molecule has 0 aliphatic rings. The average molecular weight is 989 g/mol. The van der Waals surface area contributed by atoms with Crippen LogP contribution in [0.25, 0.3) is 0 Å². The Labute approximate surface area is 427 Å². The normalized spacial score (nSPS) is 14.5. The van der Waals surface area contributed by atoms with E-state index in [0.29, 0.717) is 17.4 Å². The van der Waals surface area contributed by atoms with Gasteiger partial charge >= 0.3 is 7.82 Å². The Bertz CT molecular complexity index is 1350. The Morgan fingerprint density at radius 2 is 0.884 bits per heavy atom. The van der Waals surface area contributed by atoms with Crippen molar-refractivity contribution in [1.29, 1.82) is 0 Å². The third kappa shape index (κ3) is 53.6. The van der Waals surface area contributed by atoms with Crippen molar-refractivity contribution < 1.29 is 32.9 Å². The van der Waals surface area contributed by atoms with E-state index in [4.69, 9.17) is 9.05 Å². The predicted molar refractivity (Wildman–Crippen MR) is 300 cm³/mol. The van der Waals surface area contributed by atoms with Gasteiger partial charge in [0, 0.05) is 6.42 Å². The highest BCUT2D eigenvalue weighted by Crippen LogP contribution is 2.43. The molecule has 0 saturated carbocycles. The molecule has 69 heavy (non-hydrogen) atoms. The van der Waals surface area contributed by atoms with Gasteiger partial charge in [0.1, 0.15) is 13.2 Å². The number of likely N-dealkylation sites (N-methyl/N-ethyl adjacent to an activating group) is 1. The number of hydrogen-bond donors (Lipinski definition) is 3. The molecular formula is C60H112N2O6P+. The number of allylic oxidation sites excluding steroid dienone is 11. The van der Waals surface area contributed by atoms with Gasteiger partial charge in [0.25, 0.3) is 0 Å². The molecule has 0 aliphatic carbocycles. The molecular weight excluding hydrogens is 876 g/mol. The van der Waals surface area contributed by atoms with Crippen molar-refractivity contribution in [3.05, 3.63) is 72.9 Å². The molecule has 0 heterocycles. The molecule has 402 valence electrons. The van der Waals surface area contributed by atoms with Crippen molar-refractivity contribution in [3.63, 3.8) is 0 Å². The number of amides is 1. The summed E-state index contributed by atoms with van der Waals surface area (Å²) >= 11 is 0. The number of aliphatic hydroxyl groups excluding tert-OH is 1. The first kappa shape index (κ1) is 66.9. The summed E-state index contributed by atoms with van der Waals surface area (Å²) in [7, 11) is 1.54. The summed E-state index contributed by atoms with van der Waals surface area (Å²) < 4.78 is 23.7. The number of carbonyl (C=O) groups is 1. The molecule has 0 rings (SSSR count).